The van der Waals surface area contributed by atoms with Crippen LogP contribution in [-0.2, 0) is 4.79 Å². The maximum Gasteiger partial charge on any atom is 0.241 e. The van der Waals surface area contributed by atoms with E-state index in [-0.39, 0.29) is 11.9 Å². The van der Waals surface area contributed by atoms with Gasteiger partial charge in [-0.25, -0.2) is 0 Å². The lowest BCUT2D eigenvalue weighted by Crippen LogP contribution is -2.46. The Labute approximate surface area is 133 Å². The normalized spacial score (nSPS) is 18.5. The molecule has 0 heterocycles. The Hall–Kier alpha value is -1.55. The van der Waals surface area contributed by atoms with Crippen LogP contribution >= 0.6 is 0 Å². The highest BCUT2D eigenvalue weighted by Crippen LogP contribution is 2.26. The maximum atomic E-state index is 12.3. The van der Waals surface area contributed by atoms with Crippen molar-refractivity contribution in [3.63, 3.8) is 0 Å². The van der Waals surface area contributed by atoms with Gasteiger partial charge in [-0.2, -0.15) is 0 Å². The molecule has 0 aromatic heterocycles. The first-order valence-electron chi connectivity index (χ1n) is 8.31. The third-order valence-corrected chi connectivity index (χ3v) is 4.62. The van der Waals surface area contributed by atoms with Gasteiger partial charge in [-0.15, -0.1) is 0 Å². The number of carbonyl (C=O) groups excluding carboxylic acids is 1. The van der Waals surface area contributed by atoms with Crippen LogP contribution in [0.5, 0.6) is 5.75 Å². The Balaban J connectivity index is 1.82. The third kappa shape index (κ3) is 4.73. The molecule has 4 heteroatoms. The van der Waals surface area contributed by atoms with E-state index < -0.39 is 0 Å². The van der Waals surface area contributed by atoms with Gasteiger partial charge in [0, 0.05) is 11.7 Å². The molecule has 0 bridgehead atoms. The molecule has 1 aliphatic carbocycles. The first-order chi connectivity index (χ1) is 10.6. The fourth-order valence-electron chi connectivity index (χ4n) is 3.17. The summed E-state index contributed by atoms with van der Waals surface area (Å²) in [4.78, 5) is 12.3. The molecule has 0 spiro atoms. The predicted molar refractivity (Wildman–Crippen MR) is 90.3 cm³/mol. The molecule has 1 amide bonds. The topological polar surface area (TPSA) is 50.4 Å². The quantitative estimate of drug-likeness (QED) is 0.844. The number of hydrogen-bond acceptors (Lipinski definition) is 3. The van der Waals surface area contributed by atoms with Gasteiger partial charge in [0.05, 0.1) is 13.2 Å². The van der Waals surface area contributed by atoms with Gasteiger partial charge in [0.2, 0.25) is 5.91 Å². The van der Waals surface area contributed by atoms with E-state index in [2.05, 4.69) is 17.6 Å². The minimum Gasteiger partial charge on any atom is -0.497 e. The molecule has 0 unspecified atom stereocenters. The summed E-state index contributed by atoms with van der Waals surface area (Å²) in [5.41, 5.74) is 0.796. The first-order valence-corrected chi connectivity index (χ1v) is 8.31. The minimum atomic E-state index is -0.195. The van der Waals surface area contributed by atoms with Gasteiger partial charge in [-0.05, 0) is 56.9 Å². The number of nitrogens with one attached hydrogen (secondary N) is 2. The van der Waals surface area contributed by atoms with Crippen LogP contribution in [0.15, 0.2) is 24.3 Å². The summed E-state index contributed by atoms with van der Waals surface area (Å²) in [6, 6.07) is 7.59. The molecule has 1 aromatic carbocycles. The SMILES string of the molecule is COc1ccc(NC(=O)[C@@H](C)N[C@@H](C)C2CCCCC2)cc1. The lowest BCUT2D eigenvalue weighted by molar-refractivity contribution is -0.118. The van der Waals surface area contributed by atoms with E-state index >= 15 is 0 Å². The molecule has 2 atom stereocenters. The van der Waals surface area contributed by atoms with E-state index in [1.165, 1.54) is 32.1 Å². The maximum absolute atomic E-state index is 12.3. The highest BCUT2D eigenvalue weighted by molar-refractivity contribution is 5.94. The van der Waals surface area contributed by atoms with Crippen LogP contribution in [0.1, 0.15) is 46.0 Å². The van der Waals surface area contributed by atoms with Crippen LogP contribution in [-0.4, -0.2) is 25.1 Å². The Bertz CT molecular complexity index is 466. The van der Waals surface area contributed by atoms with Crippen LogP contribution < -0.4 is 15.4 Å². The smallest absolute Gasteiger partial charge is 0.241 e. The molecule has 0 aliphatic heterocycles. The Morgan fingerprint density at radius 3 is 2.36 bits per heavy atom. The minimum absolute atomic E-state index is 0.00725. The molecular weight excluding hydrogens is 276 g/mol. The fourth-order valence-corrected chi connectivity index (χ4v) is 3.17. The van der Waals surface area contributed by atoms with E-state index in [9.17, 15) is 4.79 Å². The van der Waals surface area contributed by atoms with Crippen LogP contribution in [0, 0.1) is 5.92 Å². The summed E-state index contributed by atoms with van der Waals surface area (Å²) in [5, 5.41) is 6.40. The molecule has 1 saturated carbocycles. The number of hydrogen-bond donors (Lipinski definition) is 2. The van der Waals surface area contributed by atoms with Crippen LogP contribution in [0.4, 0.5) is 5.69 Å². The van der Waals surface area contributed by atoms with Crippen LogP contribution in [0.3, 0.4) is 0 Å². The van der Waals surface area contributed by atoms with Crippen molar-refractivity contribution in [1.82, 2.24) is 5.32 Å². The molecular formula is C18H28N2O2. The number of ether oxygens (including phenoxy) is 1. The van der Waals surface area contributed by atoms with E-state index in [1.54, 1.807) is 7.11 Å². The second-order valence-corrected chi connectivity index (χ2v) is 6.29. The van der Waals surface area contributed by atoms with Crippen molar-refractivity contribution in [2.75, 3.05) is 12.4 Å². The lowest BCUT2D eigenvalue weighted by atomic mass is 9.84. The number of anilines is 1. The van der Waals surface area contributed by atoms with Gasteiger partial charge in [0.25, 0.3) is 0 Å². The molecule has 2 N–H and O–H groups in total. The van der Waals surface area contributed by atoms with Crippen LogP contribution in [0.25, 0.3) is 0 Å². The zero-order chi connectivity index (χ0) is 15.9. The first kappa shape index (κ1) is 16.8. The predicted octanol–water partition coefficient (Wildman–Crippen LogP) is 3.58. The Morgan fingerprint density at radius 2 is 1.77 bits per heavy atom. The summed E-state index contributed by atoms with van der Waals surface area (Å²) in [6.45, 7) is 4.13. The fraction of sp³-hybridized carbons (Fsp3) is 0.611. The van der Waals surface area contributed by atoms with E-state index in [0.717, 1.165) is 11.4 Å². The number of amides is 1. The Kier molecular flexibility index (Phi) is 6.25. The van der Waals surface area contributed by atoms with Gasteiger partial charge >= 0.3 is 0 Å². The van der Waals surface area contributed by atoms with Crippen molar-refractivity contribution in [3.8, 4) is 5.75 Å². The van der Waals surface area contributed by atoms with E-state index in [0.29, 0.717) is 12.0 Å². The van der Waals surface area contributed by atoms with Crippen molar-refractivity contribution < 1.29 is 9.53 Å². The summed E-state index contributed by atoms with van der Waals surface area (Å²) in [7, 11) is 1.63. The van der Waals surface area contributed by atoms with Crippen molar-refractivity contribution in [2.24, 2.45) is 5.92 Å². The van der Waals surface area contributed by atoms with Gasteiger partial charge in [-0.3, -0.25) is 4.79 Å². The van der Waals surface area contributed by atoms with Gasteiger partial charge in [0.1, 0.15) is 5.75 Å². The molecule has 0 radical (unpaired) electrons. The van der Waals surface area contributed by atoms with Gasteiger partial charge in [0.15, 0.2) is 0 Å². The van der Waals surface area contributed by atoms with Crippen molar-refractivity contribution in [2.45, 2.75) is 58.0 Å². The van der Waals surface area contributed by atoms with Crippen molar-refractivity contribution in [1.29, 1.82) is 0 Å². The van der Waals surface area contributed by atoms with Gasteiger partial charge in [-0.1, -0.05) is 19.3 Å². The average molecular weight is 304 g/mol. The standard InChI is InChI=1S/C18H28N2O2/c1-13(15-7-5-4-6-8-15)19-14(2)18(21)20-16-9-11-17(22-3)12-10-16/h9-15,19H,4-8H2,1-3H3,(H,20,21)/t13-,14+/m0/s1. The lowest BCUT2D eigenvalue weighted by Gasteiger charge is -2.30. The summed E-state index contributed by atoms with van der Waals surface area (Å²) in [6.07, 6.45) is 6.56. The monoisotopic (exact) mass is 304 g/mol. The largest absolute Gasteiger partial charge is 0.497 e. The Morgan fingerprint density at radius 1 is 1.14 bits per heavy atom. The summed E-state index contributed by atoms with van der Waals surface area (Å²) >= 11 is 0. The summed E-state index contributed by atoms with van der Waals surface area (Å²) in [5.74, 6) is 1.49. The highest BCUT2D eigenvalue weighted by atomic mass is 16.5. The molecule has 2 rings (SSSR count). The second kappa shape index (κ2) is 8.18. The number of rotatable bonds is 6. The number of methoxy groups -OCH3 is 1. The number of benzene rings is 1. The molecule has 122 valence electrons. The highest BCUT2D eigenvalue weighted by Gasteiger charge is 2.23. The molecule has 1 aliphatic rings. The second-order valence-electron chi connectivity index (χ2n) is 6.29. The zero-order valence-electron chi connectivity index (χ0n) is 13.9. The molecule has 1 fully saturated rings. The van der Waals surface area contributed by atoms with Crippen molar-refractivity contribution in [3.05, 3.63) is 24.3 Å². The van der Waals surface area contributed by atoms with Gasteiger partial charge < -0.3 is 15.4 Å². The zero-order valence-corrected chi connectivity index (χ0v) is 13.9. The van der Waals surface area contributed by atoms with E-state index in [1.807, 2.05) is 31.2 Å². The van der Waals surface area contributed by atoms with Crippen molar-refractivity contribution >= 4 is 11.6 Å². The third-order valence-electron chi connectivity index (χ3n) is 4.62. The van der Waals surface area contributed by atoms with Crippen LogP contribution in [0.2, 0.25) is 0 Å². The number of carbonyl (C=O) groups is 1. The van der Waals surface area contributed by atoms with E-state index in [4.69, 9.17) is 4.74 Å². The summed E-state index contributed by atoms with van der Waals surface area (Å²) < 4.78 is 5.12. The average Bonchev–Trinajstić information content (AvgIpc) is 2.56. The molecule has 22 heavy (non-hydrogen) atoms. The molecule has 0 saturated heterocycles. The molecule has 4 nitrogen and oxygen atoms in total. The molecule has 1 aromatic rings.